The van der Waals surface area contributed by atoms with Gasteiger partial charge < -0.3 is 10.1 Å². The first kappa shape index (κ1) is 27.3. The van der Waals surface area contributed by atoms with Crippen LogP contribution >= 0.6 is 0 Å². The van der Waals surface area contributed by atoms with E-state index in [4.69, 9.17) is 4.74 Å². The van der Waals surface area contributed by atoms with Crippen LogP contribution in [0.4, 0.5) is 4.79 Å². The maximum atomic E-state index is 11.7. The summed E-state index contributed by atoms with van der Waals surface area (Å²) in [5.74, 6) is 0. The molecule has 0 aromatic heterocycles. The van der Waals surface area contributed by atoms with E-state index in [1.165, 1.54) is 128 Å². The Hall–Kier alpha value is -0.730. The molecule has 0 radical (unpaired) electrons. The number of hydrogen-bond acceptors (Lipinski definition) is 2. The molecule has 0 unspecified atom stereocenters. The van der Waals surface area contributed by atoms with Crippen LogP contribution in [0.1, 0.15) is 155 Å². The van der Waals surface area contributed by atoms with E-state index in [9.17, 15) is 4.79 Å². The van der Waals surface area contributed by atoms with E-state index in [0.29, 0.717) is 0 Å². The summed E-state index contributed by atoms with van der Waals surface area (Å²) in [5.41, 5.74) is -0.211. The van der Waals surface area contributed by atoms with Crippen LogP contribution in [0.3, 0.4) is 0 Å². The highest BCUT2D eigenvalue weighted by Crippen LogP contribution is 2.30. The molecule has 1 aliphatic heterocycles. The van der Waals surface area contributed by atoms with Crippen molar-refractivity contribution in [3.63, 3.8) is 0 Å². The van der Waals surface area contributed by atoms with Gasteiger partial charge in [0, 0.05) is 0 Å². The lowest BCUT2D eigenvalue weighted by Crippen LogP contribution is -2.33. The topological polar surface area (TPSA) is 38.3 Å². The zero-order valence-corrected chi connectivity index (χ0v) is 20.6. The van der Waals surface area contributed by atoms with Gasteiger partial charge in [-0.05, 0) is 25.7 Å². The lowest BCUT2D eigenvalue weighted by Gasteiger charge is -2.26. The number of carbonyl (C=O) groups is 1. The van der Waals surface area contributed by atoms with Crippen molar-refractivity contribution in [2.45, 2.75) is 161 Å². The van der Waals surface area contributed by atoms with Crippen molar-refractivity contribution in [3.8, 4) is 0 Å². The lowest BCUT2D eigenvalue weighted by molar-refractivity contribution is 0.0379. The van der Waals surface area contributed by atoms with Crippen LogP contribution in [0.2, 0.25) is 0 Å². The maximum absolute atomic E-state index is 11.7. The van der Waals surface area contributed by atoms with Crippen LogP contribution in [0, 0.1) is 0 Å². The van der Waals surface area contributed by atoms with Gasteiger partial charge in [-0.15, -0.1) is 0 Å². The van der Waals surface area contributed by atoms with Crippen LogP contribution in [0.5, 0.6) is 0 Å². The van der Waals surface area contributed by atoms with Gasteiger partial charge in [-0.25, -0.2) is 4.79 Å². The maximum Gasteiger partial charge on any atom is 0.407 e. The van der Waals surface area contributed by atoms with Gasteiger partial charge in [0.1, 0.15) is 5.60 Å². The van der Waals surface area contributed by atoms with Gasteiger partial charge in [-0.2, -0.15) is 0 Å². The van der Waals surface area contributed by atoms with E-state index in [1.54, 1.807) is 0 Å². The molecule has 1 saturated heterocycles. The Bertz CT molecular complexity index is 372. The number of unbranched alkanes of at least 4 members (excludes halogenated alkanes) is 18. The fourth-order valence-corrected chi connectivity index (χ4v) is 4.78. The van der Waals surface area contributed by atoms with Crippen molar-refractivity contribution in [1.82, 2.24) is 5.32 Å². The fourth-order valence-electron chi connectivity index (χ4n) is 4.78. The average Bonchev–Trinajstić information content (AvgIpc) is 3.11. The first-order valence-electron chi connectivity index (χ1n) is 13.7. The zero-order valence-electron chi connectivity index (χ0n) is 20.6. The van der Waals surface area contributed by atoms with Gasteiger partial charge in [0.25, 0.3) is 0 Å². The minimum Gasteiger partial charge on any atom is -0.441 e. The molecule has 0 spiro atoms. The molecule has 0 saturated carbocycles. The standard InChI is InChI=1S/C27H53NO2/c1-3-5-7-9-11-13-15-17-19-21-23-27(25-28-26(29)30-27)24-22-20-18-16-14-12-10-8-6-4-2/h3-25H2,1-2H3,(H,28,29). The molecule has 0 atom stereocenters. The molecular weight excluding hydrogens is 370 g/mol. The van der Waals surface area contributed by atoms with Gasteiger partial charge >= 0.3 is 6.09 Å². The number of carbonyl (C=O) groups excluding carboxylic acids is 1. The molecule has 0 aliphatic carbocycles. The van der Waals surface area contributed by atoms with Gasteiger partial charge in [0.05, 0.1) is 6.54 Å². The Morgan fingerprint density at radius 3 is 1.23 bits per heavy atom. The molecule has 1 aliphatic rings. The van der Waals surface area contributed by atoms with E-state index < -0.39 is 0 Å². The largest absolute Gasteiger partial charge is 0.441 e. The van der Waals surface area contributed by atoms with Crippen LogP contribution < -0.4 is 5.32 Å². The molecule has 1 rings (SSSR count). The third-order valence-corrected chi connectivity index (χ3v) is 6.84. The Labute approximate surface area is 188 Å². The Balaban J connectivity index is 2.03. The van der Waals surface area contributed by atoms with Gasteiger partial charge in [-0.3, -0.25) is 0 Å². The summed E-state index contributed by atoms with van der Waals surface area (Å²) < 4.78 is 5.76. The summed E-state index contributed by atoms with van der Waals surface area (Å²) in [6.45, 7) is 5.28. The lowest BCUT2D eigenvalue weighted by atomic mass is 9.89. The quantitative estimate of drug-likeness (QED) is 0.176. The molecule has 0 aromatic rings. The second-order valence-electron chi connectivity index (χ2n) is 9.79. The van der Waals surface area contributed by atoms with Crippen LogP contribution in [0.25, 0.3) is 0 Å². The van der Waals surface area contributed by atoms with Crippen molar-refractivity contribution in [3.05, 3.63) is 0 Å². The fraction of sp³-hybridized carbons (Fsp3) is 0.963. The molecule has 3 nitrogen and oxygen atoms in total. The summed E-state index contributed by atoms with van der Waals surface area (Å²) >= 11 is 0. The molecule has 0 aromatic carbocycles. The van der Waals surface area contributed by atoms with E-state index in [0.717, 1.165) is 19.4 Å². The predicted octanol–water partition coefficient (Wildman–Crippen LogP) is 9.09. The van der Waals surface area contributed by atoms with Crippen molar-refractivity contribution in [2.75, 3.05) is 6.54 Å². The molecule has 3 heteroatoms. The molecule has 178 valence electrons. The number of nitrogens with one attached hydrogen (secondary N) is 1. The Kier molecular flexibility index (Phi) is 17.3. The highest BCUT2D eigenvalue weighted by Gasteiger charge is 2.38. The highest BCUT2D eigenvalue weighted by molar-refractivity contribution is 5.70. The minimum absolute atomic E-state index is 0.200. The molecule has 1 amide bonds. The number of cyclic esters (lactones) is 1. The van der Waals surface area contributed by atoms with Crippen LogP contribution in [-0.4, -0.2) is 18.2 Å². The SMILES string of the molecule is CCCCCCCCCCCCC1(CCCCCCCCCCCC)CNC(=O)O1. The molecule has 0 bridgehead atoms. The zero-order chi connectivity index (χ0) is 21.8. The van der Waals surface area contributed by atoms with Crippen LogP contribution in [-0.2, 0) is 4.74 Å². The van der Waals surface area contributed by atoms with Crippen molar-refractivity contribution in [2.24, 2.45) is 0 Å². The summed E-state index contributed by atoms with van der Waals surface area (Å²) in [6.07, 6.45) is 29.0. The predicted molar refractivity (Wildman–Crippen MR) is 130 cm³/mol. The molecule has 1 N–H and O–H groups in total. The number of ether oxygens (including phenoxy) is 1. The van der Waals surface area contributed by atoms with Crippen molar-refractivity contribution >= 4 is 6.09 Å². The third-order valence-electron chi connectivity index (χ3n) is 6.84. The number of alkyl carbamates (subject to hydrolysis) is 1. The van der Waals surface area contributed by atoms with Crippen molar-refractivity contribution < 1.29 is 9.53 Å². The molecule has 30 heavy (non-hydrogen) atoms. The second kappa shape index (κ2) is 19.0. The van der Waals surface area contributed by atoms with E-state index >= 15 is 0 Å². The first-order chi connectivity index (χ1) is 14.7. The van der Waals surface area contributed by atoms with Crippen LogP contribution in [0.15, 0.2) is 0 Å². The third kappa shape index (κ3) is 14.3. The van der Waals surface area contributed by atoms with Gasteiger partial charge in [0.15, 0.2) is 0 Å². The monoisotopic (exact) mass is 423 g/mol. The Morgan fingerprint density at radius 1 is 0.600 bits per heavy atom. The molecule has 1 fully saturated rings. The normalized spacial score (nSPS) is 15.3. The summed E-state index contributed by atoms with van der Waals surface area (Å²) in [6, 6.07) is 0. The van der Waals surface area contributed by atoms with Crippen molar-refractivity contribution in [1.29, 1.82) is 0 Å². The number of hydrogen-bond donors (Lipinski definition) is 1. The highest BCUT2D eigenvalue weighted by atomic mass is 16.6. The van der Waals surface area contributed by atoms with E-state index in [-0.39, 0.29) is 11.7 Å². The van der Waals surface area contributed by atoms with Gasteiger partial charge in [0.2, 0.25) is 0 Å². The van der Waals surface area contributed by atoms with E-state index in [2.05, 4.69) is 19.2 Å². The molecular formula is C27H53NO2. The summed E-state index contributed by atoms with van der Waals surface area (Å²) in [4.78, 5) is 11.7. The second-order valence-corrected chi connectivity index (χ2v) is 9.79. The molecule has 1 heterocycles. The average molecular weight is 424 g/mol. The first-order valence-corrected chi connectivity index (χ1v) is 13.7. The Morgan fingerprint density at radius 2 is 0.933 bits per heavy atom. The smallest absolute Gasteiger partial charge is 0.407 e. The summed E-state index contributed by atoms with van der Waals surface area (Å²) in [7, 11) is 0. The summed E-state index contributed by atoms with van der Waals surface area (Å²) in [5, 5.41) is 2.92. The minimum atomic E-state index is -0.211. The van der Waals surface area contributed by atoms with Gasteiger partial charge in [-0.1, -0.05) is 129 Å². The number of rotatable bonds is 22. The number of amides is 1. The van der Waals surface area contributed by atoms with E-state index in [1.807, 2.05) is 0 Å².